The predicted molar refractivity (Wildman–Crippen MR) is 155 cm³/mol. The molecule has 8 nitrogen and oxygen atoms in total. The van der Waals surface area contributed by atoms with E-state index in [9.17, 15) is 18.8 Å². The third-order valence-electron chi connectivity index (χ3n) is 5.15. The van der Waals surface area contributed by atoms with Crippen molar-refractivity contribution in [2.45, 2.75) is 8.68 Å². The van der Waals surface area contributed by atoms with E-state index in [0.29, 0.717) is 25.1 Å². The van der Waals surface area contributed by atoms with Crippen molar-refractivity contribution in [2.75, 3.05) is 22.1 Å². The summed E-state index contributed by atoms with van der Waals surface area (Å²) in [6.45, 7) is 0. The van der Waals surface area contributed by atoms with E-state index in [1.807, 2.05) is 18.2 Å². The highest BCUT2D eigenvalue weighted by Crippen LogP contribution is 2.32. The quantitative estimate of drug-likeness (QED) is 0.111. The van der Waals surface area contributed by atoms with Crippen molar-refractivity contribution in [2.24, 2.45) is 0 Å². The minimum Gasteiger partial charge on any atom is -0.322 e. The van der Waals surface area contributed by atoms with Crippen LogP contribution in [0.4, 0.5) is 15.2 Å². The Bertz CT molecular complexity index is 1660. The van der Waals surface area contributed by atoms with Crippen LogP contribution in [0.2, 0.25) is 0 Å². The molecule has 3 aromatic carbocycles. The number of ketones is 1. The maximum absolute atomic E-state index is 13.9. The Morgan fingerprint density at radius 3 is 2.41 bits per heavy atom. The molecule has 0 atom stereocenters. The lowest BCUT2D eigenvalue weighted by Crippen LogP contribution is -2.13. The molecule has 0 aliphatic heterocycles. The van der Waals surface area contributed by atoms with Gasteiger partial charge in [0.25, 0.3) is 5.91 Å². The summed E-state index contributed by atoms with van der Waals surface area (Å²) in [4.78, 5) is 41.6. The number of amides is 2. The van der Waals surface area contributed by atoms with Gasteiger partial charge in [-0.05, 0) is 30.3 Å². The number of thioether (sulfide) groups is 2. The molecule has 5 aromatic rings. The van der Waals surface area contributed by atoms with Crippen LogP contribution in [-0.2, 0) is 4.79 Å². The van der Waals surface area contributed by atoms with Crippen LogP contribution in [0, 0.1) is 5.82 Å². The average molecular weight is 596 g/mol. The van der Waals surface area contributed by atoms with Crippen molar-refractivity contribution < 1.29 is 18.8 Å². The summed E-state index contributed by atoms with van der Waals surface area (Å²) >= 11 is 5.14. The average Bonchev–Trinajstić information content (AvgIpc) is 3.57. The minimum atomic E-state index is -0.590. The monoisotopic (exact) mass is 595 g/mol. The van der Waals surface area contributed by atoms with Crippen molar-refractivity contribution in [1.29, 1.82) is 0 Å². The molecular weight excluding hydrogens is 578 g/mol. The van der Waals surface area contributed by atoms with Crippen LogP contribution < -0.4 is 10.6 Å². The number of anilines is 2. The lowest BCUT2D eigenvalue weighted by atomic mass is 10.2. The van der Waals surface area contributed by atoms with Crippen molar-refractivity contribution in [3.05, 3.63) is 89.7 Å². The largest absolute Gasteiger partial charge is 0.322 e. The predicted octanol–water partition coefficient (Wildman–Crippen LogP) is 6.25. The Balaban J connectivity index is 1.12. The number of nitrogens with zero attached hydrogens (tertiary/aromatic N) is 3. The van der Waals surface area contributed by atoms with Gasteiger partial charge in [-0.25, -0.2) is 9.37 Å². The van der Waals surface area contributed by atoms with E-state index < -0.39 is 11.7 Å². The fourth-order valence-electron chi connectivity index (χ4n) is 3.32. The molecule has 0 saturated heterocycles. The van der Waals surface area contributed by atoms with Gasteiger partial charge in [0.15, 0.2) is 14.5 Å². The van der Waals surface area contributed by atoms with Crippen LogP contribution in [0.5, 0.6) is 0 Å². The molecule has 2 N–H and O–H groups in total. The van der Waals surface area contributed by atoms with Crippen LogP contribution in [-0.4, -0.2) is 44.3 Å². The number of hydrogen-bond acceptors (Lipinski definition) is 10. The van der Waals surface area contributed by atoms with Crippen molar-refractivity contribution in [1.82, 2.24) is 15.2 Å². The van der Waals surface area contributed by atoms with Gasteiger partial charge >= 0.3 is 0 Å². The summed E-state index contributed by atoms with van der Waals surface area (Å²) in [5, 5.41) is 13.8. The highest BCUT2D eigenvalue weighted by molar-refractivity contribution is 8.02. The molecule has 196 valence electrons. The maximum atomic E-state index is 13.9. The Morgan fingerprint density at radius 2 is 1.59 bits per heavy atom. The number of Topliss-reactive ketones (excluding diaryl/α,β-unsaturated/α-hetero) is 1. The second kappa shape index (κ2) is 12.5. The van der Waals surface area contributed by atoms with E-state index in [0.717, 1.165) is 10.2 Å². The van der Waals surface area contributed by atoms with Gasteiger partial charge in [-0.2, -0.15) is 0 Å². The Morgan fingerprint density at radius 1 is 0.821 bits per heavy atom. The first-order valence-corrected chi connectivity index (χ1v) is 15.0. The van der Waals surface area contributed by atoms with E-state index in [1.165, 1.54) is 64.4 Å². The van der Waals surface area contributed by atoms with Gasteiger partial charge in [0.2, 0.25) is 11.0 Å². The van der Waals surface area contributed by atoms with Crippen LogP contribution in [0.25, 0.3) is 10.2 Å². The maximum Gasteiger partial charge on any atom is 0.258 e. The van der Waals surface area contributed by atoms with Crippen LogP contribution in [0.15, 0.2) is 81.5 Å². The summed E-state index contributed by atoms with van der Waals surface area (Å²) in [6.07, 6.45) is 0. The highest BCUT2D eigenvalue weighted by Gasteiger charge is 2.15. The smallest absolute Gasteiger partial charge is 0.258 e. The van der Waals surface area contributed by atoms with Gasteiger partial charge in [0.1, 0.15) is 5.82 Å². The normalized spacial score (nSPS) is 10.9. The molecule has 0 radical (unpaired) electrons. The van der Waals surface area contributed by atoms with E-state index in [4.69, 9.17) is 0 Å². The standard InChI is InChI=1S/C26H18FN5O3S4/c27-18-9-5-4-8-17(18)23(35)28-16-10-11-19-21(12-16)38-25(29-19)37-14-22(34)30-24-31-32-26(39-24)36-13-20(33)15-6-2-1-3-7-15/h1-12H,13-14H2,(H,28,35)(H,30,31,34). The van der Waals surface area contributed by atoms with Crippen LogP contribution in [0.3, 0.4) is 0 Å². The molecule has 0 fully saturated rings. The van der Waals surface area contributed by atoms with Crippen LogP contribution >= 0.6 is 46.2 Å². The number of halogens is 1. The van der Waals surface area contributed by atoms with Gasteiger partial charge in [0, 0.05) is 11.3 Å². The summed E-state index contributed by atoms with van der Waals surface area (Å²) in [7, 11) is 0. The second-order valence-electron chi connectivity index (χ2n) is 7.88. The third-order valence-corrected chi connectivity index (χ3v) is 9.28. The molecular formula is C26H18FN5O3S4. The van der Waals surface area contributed by atoms with Gasteiger partial charge < -0.3 is 5.32 Å². The molecule has 2 aromatic heterocycles. The lowest BCUT2D eigenvalue weighted by Gasteiger charge is -2.05. The first-order valence-electron chi connectivity index (χ1n) is 11.4. The Labute approximate surface area is 238 Å². The molecule has 5 rings (SSSR count). The zero-order valence-corrected chi connectivity index (χ0v) is 23.2. The van der Waals surface area contributed by atoms with E-state index in [2.05, 4.69) is 25.8 Å². The molecule has 0 saturated carbocycles. The number of carbonyl (C=O) groups excluding carboxylic acids is 3. The topological polar surface area (TPSA) is 114 Å². The number of fused-ring (bicyclic) bond motifs is 1. The molecule has 0 unspecified atom stereocenters. The Kier molecular flexibility index (Phi) is 8.61. The molecule has 2 heterocycles. The first-order chi connectivity index (χ1) is 18.9. The number of aromatic nitrogens is 3. The molecule has 13 heteroatoms. The summed E-state index contributed by atoms with van der Waals surface area (Å²) in [5.74, 6) is -1.05. The number of thiazole rings is 1. The summed E-state index contributed by atoms with van der Waals surface area (Å²) in [5.41, 5.74) is 1.84. The fourth-order valence-corrected chi connectivity index (χ4v) is 6.89. The third kappa shape index (κ3) is 7.06. The van der Waals surface area contributed by atoms with Crippen molar-refractivity contribution >= 4 is 84.8 Å². The van der Waals surface area contributed by atoms with Gasteiger partial charge in [-0.15, -0.1) is 21.5 Å². The molecule has 2 amide bonds. The number of rotatable bonds is 10. The SMILES string of the molecule is O=C(CSc1nc2ccc(NC(=O)c3ccccc3F)cc2s1)Nc1nnc(SCC(=O)c2ccccc2)s1. The van der Waals surface area contributed by atoms with Gasteiger partial charge in [-0.1, -0.05) is 77.3 Å². The second-order valence-corrected chi connectivity index (χ2v) is 12.3. The molecule has 0 aliphatic carbocycles. The van der Waals surface area contributed by atoms with E-state index >= 15 is 0 Å². The van der Waals surface area contributed by atoms with Crippen molar-refractivity contribution in [3.8, 4) is 0 Å². The Hall–Kier alpha value is -3.65. The van der Waals surface area contributed by atoms with Crippen molar-refractivity contribution in [3.63, 3.8) is 0 Å². The highest BCUT2D eigenvalue weighted by atomic mass is 32.2. The van der Waals surface area contributed by atoms with E-state index in [-0.39, 0.29) is 28.8 Å². The molecule has 0 spiro atoms. The van der Waals surface area contributed by atoms with Gasteiger partial charge in [0.05, 0.1) is 27.3 Å². The minimum absolute atomic E-state index is 0.00628. The lowest BCUT2D eigenvalue weighted by molar-refractivity contribution is -0.113. The van der Waals surface area contributed by atoms with Gasteiger partial charge in [-0.3, -0.25) is 19.7 Å². The fraction of sp³-hybridized carbons (Fsp3) is 0.0769. The molecule has 39 heavy (non-hydrogen) atoms. The van der Waals surface area contributed by atoms with Crippen LogP contribution in [0.1, 0.15) is 20.7 Å². The summed E-state index contributed by atoms with van der Waals surface area (Å²) in [6, 6.07) is 20.0. The number of hydrogen-bond donors (Lipinski definition) is 2. The number of benzene rings is 3. The summed E-state index contributed by atoms with van der Waals surface area (Å²) < 4.78 is 16.0. The zero-order chi connectivity index (χ0) is 27.2. The van der Waals surface area contributed by atoms with E-state index in [1.54, 1.807) is 36.4 Å². The first kappa shape index (κ1) is 26.9. The number of carbonyl (C=O) groups is 3. The number of nitrogens with one attached hydrogen (secondary N) is 2. The zero-order valence-electron chi connectivity index (χ0n) is 19.9. The molecule has 0 aliphatic rings. The molecule has 0 bridgehead atoms.